The van der Waals surface area contributed by atoms with E-state index < -0.39 is 5.97 Å². The summed E-state index contributed by atoms with van der Waals surface area (Å²) in [6, 6.07) is 0. The molecular weight excluding hydrogens is 276 g/mol. The first kappa shape index (κ1) is 13.8. The molecule has 1 aliphatic carbocycles. The SMILES string of the molecule is COCC1CCCN(c2nc(C3CC3)c(C(=O)O)s2)C1. The van der Waals surface area contributed by atoms with E-state index in [9.17, 15) is 9.90 Å². The molecule has 0 radical (unpaired) electrons. The maximum Gasteiger partial charge on any atom is 0.347 e. The molecule has 20 heavy (non-hydrogen) atoms. The van der Waals surface area contributed by atoms with Crippen LogP contribution in [-0.4, -0.2) is 42.9 Å². The topological polar surface area (TPSA) is 62.7 Å². The lowest BCUT2D eigenvalue weighted by atomic mass is 9.99. The van der Waals surface area contributed by atoms with Gasteiger partial charge < -0.3 is 14.7 Å². The van der Waals surface area contributed by atoms with Crippen molar-refractivity contribution in [1.82, 2.24) is 4.98 Å². The van der Waals surface area contributed by atoms with E-state index in [0.717, 1.165) is 49.8 Å². The minimum atomic E-state index is -0.832. The van der Waals surface area contributed by atoms with Crippen molar-refractivity contribution in [3.05, 3.63) is 10.6 Å². The number of carboxylic acids is 1. The zero-order chi connectivity index (χ0) is 14.1. The predicted molar refractivity (Wildman–Crippen MR) is 77.9 cm³/mol. The van der Waals surface area contributed by atoms with E-state index in [4.69, 9.17) is 4.74 Å². The van der Waals surface area contributed by atoms with E-state index in [1.807, 2.05) is 0 Å². The molecule has 0 bridgehead atoms. The monoisotopic (exact) mass is 296 g/mol. The average Bonchev–Trinajstić information content (AvgIpc) is 3.18. The Morgan fingerprint density at radius 1 is 1.50 bits per heavy atom. The zero-order valence-electron chi connectivity index (χ0n) is 11.7. The van der Waals surface area contributed by atoms with E-state index in [1.165, 1.54) is 17.8 Å². The van der Waals surface area contributed by atoms with Gasteiger partial charge in [0.2, 0.25) is 0 Å². The van der Waals surface area contributed by atoms with Gasteiger partial charge in [-0.05, 0) is 31.6 Å². The molecule has 2 aliphatic rings. The Balaban J connectivity index is 1.79. The van der Waals surface area contributed by atoms with Crippen LogP contribution in [0.3, 0.4) is 0 Å². The van der Waals surface area contributed by atoms with E-state index in [-0.39, 0.29) is 0 Å². The fourth-order valence-electron chi connectivity index (χ4n) is 2.85. The number of carboxylic acid groups (broad SMARTS) is 1. The number of ether oxygens (including phenoxy) is 1. The van der Waals surface area contributed by atoms with Crippen LogP contribution < -0.4 is 4.90 Å². The second kappa shape index (κ2) is 5.69. The number of aromatic carboxylic acids is 1. The van der Waals surface area contributed by atoms with Crippen LogP contribution in [0.15, 0.2) is 0 Å². The summed E-state index contributed by atoms with van der Waals surface area (Å²) in [5.41, 5.74) is 0.811. The van der Waals surface area contributed by atoms with Gasteiger partial charge in [0, 0.05) is 26.1 Å². The van der Waals surface area contributed by atoms with Gasteiger partial charge >= 0.3 is 5.97 Å². The predicted octanol–water partition coefficient (Wildman–Crippen LogP) is 2.58. The molecule has 110 valence electrons. The molecule has 1 aromatic rings. The maximum absolute atomic E-state index is 11.3. The Morgan fingerprint density at radius 2 is 2.30 bits per heavy atom. The quantitative estimate of drug-likeness (QED) is 0.905. The summed E-state index contributed by atoms with van der Waals surface area (Å²) < 4.78 is 5.24. The minimum absolute atomic E-state index is 0.380. The number of rotatable bonds is 5. The highest BCUT2D eigenvalue weighted by Crippen LogP contribution is 2.44. The van der Waals surface area contributed by atoms with Gasteiger partial charge in [0.25, 0.3) is 0 Å². The van der Waals surface area contributed by atoms with Crippen LogP contribution in [0.1, 0.15) is 47.0 Å². The number of methoxy groups -OCH3 is 1. The molecule has 0 amide bonds. The van der Waals surface area contributed by atoms with Crippen LogP contribution in [-0.2, 0) is 4.74 Å². The summed E-state index contributed by atoms with van der Waals surface area (Å²) in [7, 11) is 1.73. The first-order chi connectivity index (χ1) is 9.69. The van der Waals surface area contributed by atoms with E-state index in [2.05, 4.69) is 9.88 Å². The summed E-state index contributed by atoms with van der Waals surface area (Å²) in [5.74, 6) is 0.0714. The molecule has 6 heteroatoms. The van der Waals surface area contributed by atoms with Crippen molar-refractivity contribution >= 4 is 22.4 Å². The number of nitrogens with zero attached hydrogens (tertiary/aromatic N) is 2. The summed E-state index contributed by atoms with van der Waals surface area (Å²) in [5, 5.41) is 10.2. The Kier molecular flexibility index (Phi) is 3.94. The molecule has 1 aliphatic heterocycles. The van der Waals surface area contributed by atoms with Crippen LogP contribution in [0.4, 0.5) is 5.13 Å². The second-order valence-electron chi connectivity index (χ2n) is 5.70. The number of hydrogen-bond donors (Lipinski definition) is 1. The molecule has 1 unspecified atom stereocenters. The van der Waals surface area contributed by atoms with Gasteiger partial charge in [0.05, 0.1) is 12.3 Å². The average molecular weight is 296 g/mol. The molecule has 0 aromatic carbocycles. The molecule has 1 saturated heterocycles. The summed E-state index contributed by atoms with van der Waals surface area (Å²) in [4.78, 5) is 18.7. The second-order valence-corrected chi connectivity index (χ2v) is 6.68. The molecule has 1 atom stereocenters. The van der Waals surface area contributed by atoms with Gasteiger partial charge in [0.15, 0.2) is 5.13 Å². The van der Waals surface area contributed by atoms with Gasteiger partial charge in [0.1, 0.15) is 4.88 Å². The number of anilines is 1. The largest absolute Gasteiger partial charge is 0.477 e. The van der Waals surface area contributed by atoms with E-state index >= 15 is 0 Å². The Bertz CT molecular complexity index is 497. The van der Waals surface area contributed by atoms with Gasteiger partial charge in [-0.2, -0.15) is 0 Å². The van der Waals surface area contributed by atoms with Crippen molar-refractivity contribution in [3.8, 4) is 0 Å². The van der Waals surface area contributed by atoms with Crippen LogP contribution in [0.2, 0.25) is 0 Å². The summed E-state index contributed by atoms with van der Waals surface area (Å²) >= 11 is 1.34. The third kappa shape index (κ3) is 2.81. The minimum Gasteiger partial charge on any atom is -0.477 e. The lowest BCUT2D eigenvalue weighted by molar-refractivity contribution is 0.0700. The molecule has 3 rings (SSSR count). The van der Waals surface area contributed by atoms with Crippen molar-refractivity contribution in [1.29, 1.82) is 0 Å². The van der Waals surface area contributed by atoms with Crippen molar-refractivity contribution < 1.29 is 14.6 Å². The fraction of sp³-hybridized carbons (Fsp3) is 0.714. The van der Waals surface area contributed by atoms with Gasteiger partial charge in [-0.15, -0.1) is 0 Å². The van der Waals surface area contributed by atoms with Gasteiger partial charge in [-0.3, -0.25) is 0 Å². The lowest BCUT2D eigenvalue weighted by Crippen LogP contribution is -2.37. The first-order valence-corrected chi connectivity index (χ1v) is 7.98. The highest BCUT2D eigenvalue weighted by molar-refractivity contribution is 7.17. The maximum atomic E-state index is 11.3. The number of thiazole rings is 1. The molecule has 1 N–H and O–H groups in total. The summed E-state index contributed by atoms with van der Waals surface area (Å²) in [6.45, 7) is 2.66. The summed E-state index contributed by atoms with van der Waals surface area (Å²) in [6.07, 6.45) is 4.46. The Labute approximate surface area is 122 Å². The Morgan fingerprint density at radius 3 is 2.95 bits per heavy atom. The van der Waals surface area contributed by atoms with Crippen molar-refractivity contribution in [2.75, 3.05) is 31.7 Å². The third-order valence-corrected chi connectivity index (χ3v) is 5.11. The van der Waals surface area contributed by atoms with Crippen LogP contribution in [0.5, 0.6) is 0 Å². The molecule has 1 aromatic heterocycles. The molecule has 5 nitrogen and oxygen atoms in total. The number of aromatic nitrogens is 1. The number of piperidine rings is 1. The fourth-order valence-corrected chi connectivity index (χ4v) is 3.88. The van der Waals surface area contributed by atoms with Crippen LogP contribution in [0, 0.1) is 5.92 Å². The normalized spacial score (nSPS) is 23.1. The Hall–Kier alpha value is -1.14. The lowest BCUT2D eigenvalue weighted by Gasteiger charge is -2.32. The smallest absolute Gasteiger partial charge is 0.347 e. The standard InChI is InChI=1S/C14H20N2O3S/c1-19-8-9-3-2-6-16(7-9)14-15-11(10-4-5-10)12(20-14)13(17)18/h9-10H,2-8H2,1H3,(H,17,18). The van der Waals surface area contributed by atoms with E-state index in [0.29, 0.717) is 16.7 Å². The van der Waals surface area contributed by atoms with Crippen molar-refractivity contribution in [2.45, 2.75) is 31.6 Å². The first-order valence-electron chi connectivity index (χ1n) is 7.17. The zero-order valence-corrected chi connectivity index (χ0v) is 12.5. The highest BCUT2D eigenvalue weighted by Gasteiger charge is 2.33. The van der Waals surface area contributed by atoms with Crippen LogP contribution >= 0.6 is 11.3 Å². The van der Waals surface area contributed by atoms with Crippen molar-refractivity contribution in [3.63, 3.8) is 0 Å². The third-order valence-electron chi connectivity index (χ3n) is 3.99. The van der Waals surface area contributed by atoms with Crippen LogP contribution in [0.25, 0.3) is 0 Å². The van der Waals surface area contributed by atoms with Gasteiger partial charge in [-0.1, -0.05) is 11.3 Å². The highest BCUT2D eigenvalue weighted by atomic mass is 32.1. The van der Waals surface area contributed by atoms with E-state index in [1.54, 1.807) is 7.11 Å². The van der Waals surface area contributed by atoms with Crippen molar-refractivity contribution in [2.24, 2.45) is 5.92 Å². The number of hydrogen-bond acceptors (Lipinski definition) is 5. The molecule has 2 fully saturated rings. The molecule has 1 saturated carbocycles. The molecule has 2 heterocycles. The number of carbonyl (C=O) groups is 1. The van der Waals surface area contributed by atoms with Gasteiger partial charge in [-0.25, -0.2) is 9.78 Å². The molecule has 0 spiro atoms. The molecular formula is C14H20N2O3S.